The van der Waals surface area contributed by atoms with Crippen molar-refractivity contribution < 1.29 is 14.3 Å². The van der Waals surface area contributed by atoms with Crippen LogP contribution in [-0.2, 0) is 9.53 Å². The predicted octanol–water partition coefficient (Wildman–Crippen LogP) is 2.68. The van der Waals surface area contributed by atoms with Gasteiger partial charge in [0.05, 0.1) is 0 Å². The molecule has 2 N–H and O–H groups in total. The normalized spacial score (nSPS) is 23.9. The van der Waals surface area contributed by atoms with E-state index < -0.39 is 17.2 Å². The number of carbonyl (C=O) groups is 2. The standard InChI is InChI=1S/C18H33N3O3S/c1-13(25)21-11-9-17(5,10-12-21)19-14(22)18(7-6-8-18)20-15(23)24-16(2,3)4/h13,25H,6-12H2,1-5H3,(H,19,22)(H,20,23). The number of thiol groups is 1. The van der Waals surface area contributed by atoms with Gasteiger partial charge in [-0.25, -0.2) is 4.79 Å². The lowest BCUT2D eigenvalue weighted by Gasteiger charge is -2.46. The predicted molar refractivity (Wildman–Crippen MR) is 102 cm³/mol. The smallest absolute Gasteiger partial charge is 0.408 e. The Bertz CT molecular complexity index is 504. The summed E-state index contributed by atoms with van der Waals surface area (Å²) in [7, 11) is 0. The Balaban J connectivity index is 1.95. The second-order valence-electron chi connectivity index (χ2n) is 8.75. The van der Waals surface area contributed by atoms with E-state index in [9.17, 15) is 9.59 Å². The van der Waals surface area contributed by atoms with Gasteiger partial charge in [-0.15, -0.1) is 0 Å². The van der Waals surface area contributed by atoms with Crippen molar-refractivity contribution in [2.45, 2.75) is 88.8 Å². The molecule has 144 valence electrons. The number of hydrogen-bond donors (Lipinski definition) is 3. The number of piperidine rings is 1. The first-order valence-corrected chi connectivity index (χ1v) is 9.72. The number of carbonyl (C=O) groups excluding carboxylic acids is 2. The molecule has 1 aliphatic carbocycles. The molecule has 1 aliphatic heterocycles. The van der Waals surface area contributed by atoms with Crippen LogP contribution in [0.3, 0.4) is 0 Å². The van der Waals surface area contributed by atoms with E-state index in [2.05, 4.69) is 42.0 Å². The molecule has 0 aromatic rings. The average Bonchev–Trinajstić information content (AvgIpc) is 2.40. The number of nitrogens with one attached hydrogen (secondary N) is 2. The van der Waals surface area contributed by atoms with Crippen molar-refractivity contribution >= 4 is 24.6 Å². The lowest BCUT2D eigenvalue weighted by Crippen LogP contribution is -2.67. The van der Waals surface area contributed by atoms with Crippen molar-refractivity contribution in [1.29, 1.82) is 0 Å². The molecule has 0 spiro atoms. The Labute approximate surface area is 156 Å². The van der Waals surface area contributed by atoms with Crippen molar-refractivity contribution in [1.82, 2.24) is 15.5 Å². The first kappa shape index (κ1) is 20.4. The van der Waals surface area contributed by atoms with Gasteiger partial charge in [0.25, 0.3) is 0 Å². The van der Waals surface area contributed by atoms with E-state index in [4.69, 9.17) is 4.74 Å². The van der Waals surface area contributed by atoms with E-state index in [0.717, 1.165) is 32.4 Å². The summed E-state index contributed by atoms with van der Waals surface area (Å²) in [6, 6.07) is 0. The average molecular weight is 372 g/mol. The summed E-state index contributed by atoms with van der Waals surface area (Å²) in [5.41, 5.74) is -1.64. The Morgan fingerprint density at radius 3 is 2.08 bits per heavy atom. The third kappa shape index (κ3) is 5.26. The van der Waals surface area contributed by atoms with Gasteiger partial charge in [-0.05, 0) is 66.7 Å². The minimum absolute atomic E-state index is 0.0838. The second-order valence-corrected chi connectivity index (χ2v) is 9.49. The van der Waals surface area contributed by atoms with Gasteiger partial charge in [0.1, 0.15) is 11.1 Å². The van der Waals surface area contributed by atoms with Crippen LogP contribution in [-0.4, -0.2) is 52.0 Å². The molecule has 2 aliphatic rings. The van der Waals surface area contributed by atoms with Crippen LogP contribution < -0.4 is 10.6 Å². The third-order valence-electron chi connectivity index (χ3n) is 5.23. The maximum absolute atomic E-state index is 12.9. The number of hydrogen-bond acceptors (Lipinski definition) is 5. The summed E-state index contributed by atoms with van der Waals surface area (Å²) in [5.74, 6) is -0.0838. The van der Waals surface area contributed by atoms with E-state index >= 15 is 0 Å². The molecule has 1 unspecified atom stereocenters. The first-order valence-electron chi connectivity index (χ1n) is 9.21. The quantitative estimate of drug-likeness (QED) is 0.665. The largest absolute Gasteiger partial charge is 0.444 e. The fraction of sp³-hybridized carbons (Fsp3) is 0.889. The summed E-state index contributed by atoms with van der Waals surface area (Å²) >= 11 is 4.49. The fourth-order valence-corrected chi connectivity index (χ4v) is 3.58. The number of ether oxygens (including phenoxy) is 1. The molecular formula is C18H33N3O3S. The Morgan fingerprint density at radius 2 is 1.68 bits per heavy atom. The highest BCUT2D eigenvalue weighted by Crippen LogP contribution is 2.34. The second kappa shape index (κ2) is 7.35. The van der Waals surface area contributed by atoms with E-state index in [-0.39, 0.29) is 16.8 Å². The van der Waals surface area contributed by atoms with Crippen LogP contribution in [0.15, 0.2) is 0 Å². The van der Waals surface area contributed by atoms with Crippen molar-refractivity contribution in [2.75, 3.05) is 13.1 Å². The monoisotopic (exact) mass is 371 g/mol. The zero-order valence-electron chi connectivity index (χ0n) is 16.1. The van der Waals surface area contributed by atoms with Gasteiger partial charge in [0.2, 0.25) is 5.91 Å². The highest BCUT2D eigenvalue weighted by atomic mass is 32.1. The summed E-state index contributed by atoms with van der Waals surface area (Å²) < 4.78 is 5.33. The van der Waals surface area contributed by atoms with E-state index in [0.29, 0.717) is 12.8 Å². The van der Waals surface area contributed by atoms with Crippen molar-refractivity contribution in [2.24, 2.45) is 0 Å². The van der Waals surface area contributed by atoms with Gasteiger partial charge in [0.15, 0.2) is 0 Å². The van der Waals surface area contributed by atoms with E-state index in [1.54, 1.807) is 0 Å². The van der Waals surface area contributed by atoms with Gasteiger partial charge in [-0.3, -0.25) is 9.69 Å². The lowest BCUT2D eigenvalue weighted by atomic mass is 9.75. The molecule has 0 aromatic heterocycles. The SMILES string of the molecule is CC(S)N1CCC(C)(NC(=O)C2(NC(=O)OC(C)(C)C)CCC2)CC1. The molecule has 1 saturated heterocycles. The van der Waals surface area contributed by atoms with Crippen LogP contribution in [0.1, 0.15) is 66.7 Å². The number of alkyl carbamates (subject to hydrolysis) is 1. The zero-order valence-corrected chi connectivity index (χ0v) is 17.0. The molecule has 2 amide bonds. The molecule has 25 heavy (non-hydrogen) atoms. The molecule has 0 aromatic carbocycles. The van der Waals surface area contributed by atoms with Gasteiger partial charge < -0.3 is 15.4 Å². The lowest BCUT2D eigenvalue weighted by molar-refractivity contribution is -0.133. The molecule has 0 radical (unpaired) electrons. The van der Waals surface area contributed by atoms with Crippen molar-refractivity contribution in [3.63, 3.8) is 0 Å². The summed E-state index contributed by atoms with van der Waals surface area (Å²) in [5, 5.41) is 6.26. The van der Waals surface area contributed by atoms with Gasteiger partial charge >= 0.3 is 6.09 Å². The van der Waals surface area contributed by atoms with Crippen LogP contribution in [0.4, 0.5) is 4.79 Å². The maximum Gasteiger partial charge on any atom is 0.408 e. The summed E-state index contributed by atoms with van der Waals surface area (Å²) in [6.45, 7) is 11.4. The number of nitrogens with zero attached hydrogens (tertiary/aromatic N) is 1. The molecule has 7 heteroatoms. The van der Waals surface area contributed by atoms with E-state index in [1.165, 1.54) is 0 Å². The number of rotatable bonds is 4. The van der Waals surface area contributed by atoms with Crippen LogP contribution in [0.2, 0.25) is 0 Å². The molecule has 1 atom stereocenters. The number of amides is 2. The molecule has 2 rings (SSSR count). The van der Waals surface area contributed by atoms with Crippen LogP contribution in [0.5, 0.6) is 0 Å². The summed E-state index contributed by atoms with van der Waals surface area (Å²) in [6.07, 6.45) is 3.50. The molecule has 0 bridgehead atoms. The van der Waals surface area contributed by atoms with Crippen molar-refractivity contribution in [3.05, 3.63) is 0 Å². The minimum atomic E-state index is -0.820. The highest BCUT2D eigenvalue weighted by Gasteiger charge is 2.48. The molecular weight excluding hydrogens is 338 g/mol. The van der Waals surface area contributed by atoms with Gasteiger partial charge in [0, 0.05) is 24.0 Å². The Kier molecular flexibility index (Phi) is 5.99. The van der Waals surface area contributed by atoms with Crippen molar-refractivity contribution in [3.8, 4) is 0 Å². The van der Waals surface area contributed by atoms with Gasteiger partial charge in [-0.2, -0.15) is 12.6 Å². The van der Waals surface area contributed by atoms with Crippen LogP contribution in [0.25, 0.3) is 0 Å². The minimum Gasteiger partial charge on any atom is -0.444 e. The number of likely N-dealkylation sites (tertiary alicyclic amines) is 1. The van der Waals surface area contributed by atoms with Crippen LogP contribution in [0, 0.1) is 0 Å². The Morgan fingerprint density at radius 1 is 1.12 bits per heavy atom. The molecule has 2 fully saturated rings. The third-order valence-corrected chi connectivity index (χ3v) is 5.55. The van der Waals surface area contributed by atoms with Gasteiger partial charge in [-0.1, -0.05) is 0 Å². The maximum atomic E-state index is 12.9. The fourth-order valence-electron chi connectivity index (χ4n) is 3.35. The summed E-state index contributed by atoms with van der Waals surface area (Å²) in [4.78, 5) is 27.4. The van der Waals surface area contributed by atoms with E-state index in [1.807, 2.05) is 20.8 Å². The molecule has 1 heterocycles. The van der Waals surface area contributed by atoms with Crippen LogP contribution >= 0.6 is 12.6 Å². The molecule has 1 saturated carbocycles. The topological polar surface area (TPSA) is 70.7 Å². The first-order chi connectivity index (χ1) is 11.4. The highest BCUT2D eigenvalue weighted by molar-refractivity contribution is 7.80. The molecule has 6 nitrogen and oxygen atoms in total. The zero-order chi connectivity index (χ0) is 18.9. The Hall–Kier alpha value is -0.950.